The van der Waals surface area contributed by atoms with Gasteiger partial charge in [-0.2, -0.15) is 0 Å². The summed E-state index contributed by atoms with van der Waals surface area (Å²) in [4.78, 5) is 38.1. The summed E-state index contributed by atoms with van der Waals surface area (Å²) in [5.74, 6) is 7.71. The first-order chi connectivity index (χ1) is 20.6. The summed E-state index contributed by atoms with van der Waals surface area (Å²) in [6, 6.07) is 10.7. The van der Waals surface area contributed by atoms with E-state index >= 15 is 0 Å². The SMILES string of the molecule is CCCCC(=O)N1CCN(c2cc(NN)cc(N(CC=O)CC3CCN(Cc4ccc5c(n4)NCCC5)CC3)c2)CC1. The van der Waals surface area contributed by atoms with Crippen LogP contribution in [0.15, 0.2) is 30.3 Å². The van der Waals surface area contributed by atoms with E-state index in [4.69, 9.17) is 10.8 Å². The minimum Gasteiger partial charge on any atom is -0.370 e. The van der Waals surface area contributed by atoms with Gasteiger partial charge in [-0.25, -0.2) is 4.98 Å². The molecule has 1 aromatic heterocycles. The lowest BCUT2D eigenvalue weighted by Gasteiger charge is -2.37. The van der Waals surface area contributed by atoms with Crippen molar-refractivity contribution in [2.75, 3.05) is 79.4 Å². The molecule has 0 unspecified atom stereocenters. The van der Waals surface area contributed by atoms with Gasteiger partial charge < -0.3 is 30.2 Å². The van der Waals surface area contributed by atoms with Gasteiger partial charge in [0, 0.05) is 63.6 Å². The highest BCUT2D eigenvalue weighted by atomic mass is 16.2. The molecular weight excluding hydrogens is 528 g/mol. The Morgan fingerprint density at radius 3 is 2.69 bits per heavy atom. The molecule has 3 aliphatic heterocycles. The predicted octanol–water partition coefficient (Wildman–Crippen LogP) is 3.48. The van der Waals surface area contributed by atoms with Crippen LogP contribution in [-0.4, -0.2) is 85.9 Å². The minimum atomic E-state index is 0.258. The lowest BCUT2D eigenvalue weighted by atomic mass is 9.95. The maximum absolute atomic E-state index is 12.5. The summed E-state index contributed by atoms with van der Waals surface area (Å²) in [5, 5.41) is 3.45. The molecule has 0 atom stereocenters. The number of hydrogen-bond donors (Lipinski definition) is 3. The third kappa shape index (κ3) is 7.72. The van der Waals surface area contributed by atoms with Crippen LogP contribution in [0, 0.1) is 5.92 Å². The second-order valence-corrected chi connectivity index (χ2v) is 12.0. The van der Waals surface area contributed by atoms with Crippen LogP contribution in [0.3, 0.4) is 0 Å². The van der Waals surface area contributed by atoms with E-state index in [1.54, 1.807) is 0 Å². The topological polar surface area (TPSA) is 110 Å². The van der Waals surface area contributed by atoms with Crippen LogP contribution in [0.5, 0.6) is 0 Å². The second kappa shape index (κ2) is 14.7. The quantitative estimate of drug-likeness (QED) is 0.199. The summed E-state index contributed by atoms with van der Waals surface area (Å²) in [6.07, 6.45) is 8.08. The molecule has 4 N–H and O–H groups in total. The Hall–Kier alpha value is -3.37. The average molecular weight is 577 g/mol. The van der Waals surface area contributed by atoms with Gasteiger partial charge in [0.2, 0.25) is 5.91 Å². The molecule has 42 heavy (non-hydrogen) atoms. The zero-order chi connectivity index (χ0) is 29.3. The standard InChI is InChI=1S/C32H48N8O2/c1-2-3-6-31(42)39-16-14-38(15-17-39)29-20-28(36-33)21-30(22-29)40(18-19-41)23-25-9-12-37(13-10-25)24-27-8-7-26-5-4-11-34-32(26)35-27/h7-8,19-22,25,36H,2-6,9-18,23-24,33H2,1H3,(H,34,35). The number of nitrogens with zero attached hydrogens (tertiary/aromatic N) is 5. The number of nitrogen functional groups attached to an aromatic ring is 1. The number of piperazine rings is 1. The van der Waals surface area contributed by atoms with Crippen LogP contribution in [-0.2, 0) is 22.6 Å². The van der Waals surface area contributed by atoms with Crippen molar-refractivity contribution in [1.29, 1.82) is 0 Å². The highest BCUT2D eigenvalue weighted by Crippen LogP contribution is 2.31. The smallest absolute Gasteiger partial charge is 0.222 e. The molecular formula is C32H48N8O2. The van der Waals surface area contributed by atoms with Crippen molar-refractivity contribution < 1.29 is 9.59 Å². The molecule has 0 aliphatic carbocycles. The van der Waals surface area contributed by atoms with Crippen molar-refractivity contribution in [2.45, 2.75) is 58.4 Å². The molecule has 0 radical (unpaired) electrons. The average Bonchev–Trinajstić information content (AvgIpc) is 3.04. The Bertz CT molecular complexity index is 1190. The van der Waals surface area contributed by atoms with Gasteiger partial charge in [0.25, 0.3) is 0 Å². The van der Waals surface area contributed by atoms with Gasteiger partial charge in [0.15, 0.2) is 0 Å². The summed E-state index contributed by atoms with van der Waals surface area (Å²) in [5.41, 5.74) is 8.18. The van der Waals surface area contributed by atoms with E-state index in [1.807, 2.05) is 11.0 Å². The van der Waals surface area contributed by atoms with Crippen LogP contribution in [0.25, 0.3) is 0 Å². The van der Waals surface area contributed by atoms with Gasteiger partial charge >= 0.3 is 0 Å². The van der Waals surface area contributed by atoms with E-state index in [-0.39, 0.29) is 5.91 Å². The van der Waals surface area contributed by atoms with Crippen molar-refractivity contribution in [3.63, 3.8) is 0 Å². The lowest BCUT2D eigenvalue weighted by molar-refractivity contribution is -0.131. The molecule has 0 spiro atoms. The number of pyridine rings is 1. The van der Waals surface area contributed by atoms with Gasteiger partial charge in [-0.3, -0.25) is 15.5 Å². The number of piperidine rings is 1. The van der Waals surface area contributed by atoms with Gasteiger partial charge in [-0.1, -0.05) is 19.4 Å². The zero-order valence-corrected chi connectivity index (χ0v) is 25.2. The number of hydrogen-bond acceptors (Lipinski definition) is 9. The maximum atomic E-state index is 12.5. The van der Waals surface area contributed by atoms with Gasteiger partial charge in [0.05, 0.1) is 17.9 Å². The van der Waals surface area contributed by atoms with Crippen molar-refractivity contribution in [3.8, 4) is 0 Å². The van der Waals surface area contributed by atoms with E-state index in [1.165, 1.54) is 12.0 Å². The lowest BCUT2D eigenvalue weighted by Crippen LogP contribution is -2.48. The number of unbranched alkanes of at least 4 members (excludes halogenated alkanes) is 1. The van der Waals surface area contributed by atoms with Crippen LogP contribution >= 0.6 is 0 Å². The molecule has 5 rings (SSSR count). The molecule has 0 saturated carbocycles. The molecule has 2 aromatic rings. The number of hydrazine groups is 1. The number of anilines is 4. The molecule has 0 bridgehead atoms. The Balaban J connectivity index is 1.18. The highest BCUT2D eigenvalue weighted by molar-refractivity contribution is 5.77. The van der Waals surface area contributed by atoms with E-state index in [2.05, 4.69) is 56.6 Å². The number of carbonyl (C=O) groups is 2. The molecule has 1 amide bonds. The predicted molar refractivity (Wildman–Crippen MR) is 170 cm³/mol. The molecule has 3 aliphatic rings. The van der Waals surface area contributed by atoms with E-state index in [9.17, 15) is 9.59 Å². The van der Waals surface area contributed by atoms with E-state index in [0.717, 1.165) is 126 Å². The Labute approximate surface area is 250 Å². The van der Waals surface area contributed by atoms with Crippen LogP contribution in [0.2, 0.25) is 0 Å². The number of nitrogens with two attached hydrogens (primary N) is 1. The number of benzene rings is 1. The number of fused-ring (bicyclic) bond motifs is 1. The molecule has 2 fully saturated rings. The molecule has 4 heterocycles. The Morgan fingerprint density at radius 1 is 1.14 bits per heavy atom. The van der Waals surface area contributed by atoms with Crippen molar-refractivity contribution in [3.05, 3.63) is 41.6 Å². The van der Waals surface area contributed by atoms with Crippen molar-refractivity contribution in [2.24, 2.45) is 11.8 Å². The van der Waals surface area contributed by atoms with Gasteiger partial charge in [0.1, 0.15) is 12.1 Å². The summed E-state index contributed by atoms with van der Waals surface area (Å²) in [6.45, 7) is 10.3. The third-order valence-electron chi connectivity index (χ3n) is 8.99. The number of rotatable bonds is 12. The number of nitrogens with one attached hydrogen (secondary N) is 2. The fourth-order valence-electron chi connectivity index (χ4n) is 6.44. The van der Waals surface area contributed by atoms with E-state index < -0.39 is 0 Å². The zero-order valence-electron chi connectivity index (χ0n) is 25.2. The third-order valence-corrected chi connectivity index (χ3v) is 8.99. The first kappa shape index (κ1) is 30.1. The van der Waals surface area contributed by atoms with Crippen molar-refractivity contribution in [1.82, 2.24) is 14.8 Å². The number of aldehydes is 1. The first-order valence-corrected chi connectivity index (χ1v) is 15.8. The first-order valence-electron chi connectivity index (χ1n) is 15.8. The normalized spacial score (nSPS) is 17.9. The largest absolute Gasteiger partial charge is 0.370 e. The summed E-state index contributed by atoms with van der Waals surface area (Å²) < 4.78 is 0. The number of aromatic nitrogens is 1. The second-order valence-electron chi connectivity index (χ2n) is 12.0. The number of aryl methyl sites for hydroxylation is 1. The van der Waals surface area contributed by atoms with E-state index in [0.29, 0.717) is 18.9 Å². The van der Waals surface area contributed by atoms with Crippen LogP contribution in [0.4, 0.5) is 22.9 Å². The number of carbonyl (C=O) groups excluding carboxylic acids is 2. The monoisotopic (exact) mass is 576 g/mol. The number of amides is 1. The van der Waals surface area contributed by atoms with Crippen LogP contribution in [0.1, 0.15) is 56.7 Å². The highest BCUT2D eigenvalue weighted by Gasteiger charge is 2.25. The van der Waals surface area contributed by atoms with Gasteiger partial charge in [-0.05, 0) is 80.9 Å². The summed E-state index contributed by atoms with van der Waals surface area (Å²) >= 11 is 0. The molecule has 10 nitrogen and oxygen atoms in total. The Morgan fingerprint density at radius 2 is 1.95 bits per heavy atom. The molecule has 228 valence electrons. The fraction of sp³-hybridized carbons (Fsp3) is 0.594. The summed E-state index contributed by atoms with van der Waals surface area (Å²) in [7, 11) is 0. The molecule has 2 saturated heterocycles. The molecule has 1 aromatic carbocycles. The van der Waals surface area contributed by atoms with Gasteiger partial charge in [-0.15, -0.1) is 0 Å². The molecule has 10 heteroatoms. The van der Waals surface area contributed by atoms with Crippen LogP contribution < -0.4 is 26.4 Å². The maximum Gasteiger partial charge on any atom is 0.222 e. The fourth-order valence-corrected chi connectivity index (χ4v) is 6.44. The van der Waals surface area contributed by atoms with Crippen molar-refractivity contribution >= 4 is 35.1 Å². The minimum absolute atomic E-state index is 0.258. The number of likely N-dealkylation sites (tertiary alicyclic amines) is 1. The Kier molecular flexibility index (Phi) is 10.5.